The van der Waals surface area contributed by atoms with Crippen LogP contribution in [0.2, 0.25) is 0 Å². The molecule has 0 saturated carbocycles. The molecule has 0 bridgehead atoms. The van der Waals surface area contributed by atoms with Crippen molar-refractivity contribution in [2.45, 2.75) is 26.1 Å². The van der Waals surface area contributed by atoms with Gasteiger partial charge in [-0.15, -0.1) is 0 Å². The van der Waals surface area contributed by atoms with Crippen molar-refractivity contribution in [2.24, 2.45) is 0 Å². The normalized spacial score (nSPS) is 12.3. The van der Waals surface area contributed by atoms with Crippen molar-refractivity contribution in [3.05, 3.63) is 66.1 Å². The minimum Gasteiger partial charge on any atom is -0.491 e. The Morgan fingerprint density at radius 3 is 2.72 bits per heavy atom. The van der Waals surface area contributed by atoms with E-state index in [9.17, 15) is 9.90 Å². The van der Waals surface area contributed by atoms with Crippen LogP contribution in [-0.4, -0.2) is 33.0 Å². The van der Waals surface area contributed by atoms with Crippen molar-refractivity contribution < 1.29 is 14.6 Å². The number of carbonyl (C=O) groups is 1. The first-order chi connectivity index (χ1) is 12.0. The highest BCUT2D eigenvalue weighted by atomic mass is 16.5. The third kappa shape index (κ3) is 3.97. The van der Waals surface area contributed by atoms with Gasteiger partial charge in [-0.05, 0) is 43.7 Å². The first-order valence-corrected chi connectivity index (χ1v) is 8.19. The number of aromatic nitrogens is 2. The maximum Gasteiger partial charge on any atom is 0.270 e. The number of amides is 1. The van der Waals surface area contributed by atoms with Crippen molar-refractivity contribution >= 4 is 11.6 Å². The molecule has 2 N–H and O–H groups in total. The maximum absolute atomic E-state index is 12.3. The fraction of sp³-hybridized carbons (Fsp3) is 0.263. The largest absolute Gasteiger partial charge is 0.491 e. The Hall–Kier alpha value is -2.86. The average molecular weight is 339 g/mol. The molecule has 25 heavy (non-hydrogen) atoms. The van der Waals surface area contributed by atoms with Gasteiger partial charge < -0.3 is 15.2 Å². The minimum atomic E-state index is -0.795. The molecule has 1 unspecified atom stereocenters. The van der Waals surface area contributed by atoms with Gasteiger partial charge in [0.25, 0.3) is 5.91 Å². The van der Waals surface area contributed by atoms with Crippen LogP contribution in [0.3, 0.4) is 0 Å². The Bertz CT molecular complexity index is 856. The number of rotatable bonds is 6. The summed E-state index contributed by atoms with van der Waals surface area (Å²) in [5.41, 5.74) is 1.85. The third-order valence-electron chi connectivity index (χ3n) is 3.74. The van der Waals surface area contributed by atoms with Gasteiger partial charge in [-0.2, -0.15) is 0 Å². The SMILES string of the molecule is CC(C)Oc1ccc(C(O)CNC(=O)c2cnc3ccccn23)cc1. The predicted octanol–water partition coefficient (Wildman–Crippen LogP) is 2.58. The van der Waals surface area contributed by atoms with Gasteiger partial charge in [-0.1, -0.05) is 18.2 Å². The topological polar surface area (TPSA) is 75.9 Å². The van der Waals surface area contributed by atoms with Gasteiger partial charge in [0.1, 0.15) is 17.1 Å². The zero-order chi connectivity index (χ0) is 17.8. The van der Waals surface area contributed by atoms with E-state index in [0.29, 0.717) is 11.3 Å². The molecule has 0 saturated heterocycles. The summed E-state index contributed by atoms with van der Waals surface area (Å²) in [7, 11) is 0. The van der Waals surface area contributed by atoms with Gasteiger partial charge >= 0.3 is 0 Å². The van der Waals surface area contributed by atoms with Crippen LogP contribution in [0.4, 0.5) is 0 Å². The number of benzene rings is 1. The summed E-state index contributed by atoms with van der Waals surface area (Å²) < 4.78 is 7.28. The van der Waals surface area contributed by atoms with Crippen LogP contribution in [0.5, 0.6) is 5.75 Å². The molecule has 0 aliphatic heterocycles. The fourth-order valence-corrected chi connectivity index (χ4v) is 2.54. The highest BCUT2D eigenvalue weighted by molar-refractivity contribution is 5.93. The van der Waals surface area contributed by atoms with Crippen molar-refractivity contribution in [1.82, 2.24) is 14.7 Å². The number of ether oxygens (including phenoxy) is 1. The zero-order valence-electron chi connectivity index (χ0n) is 14.2. The number of nitrogens with one attached hydrogen (secondary N) is 1. The summed E-state index contributed by atoms with van der Waals surface area (Å²) in [6.07, 6.45) is 2.60. The van der Waals surface area contributed by atoms with Crippen LogP contribution in [0, 0.1) is 0 Å². The van der Waals surface area contributed by atoms with Gasteiger partial charge in [-0.25, -0.2) is 4.98 Å². The van der Waals surface area contributed by atoms with E-state index >= 15 is 0 Å². The Kier molecular flexibility index (Phi) is 5.00. The Labute approximate surface area is 146 Å². The molecule has 1 aromatic carbocycles. The molecule has 3 rings (SSSR count). The van der Waals surface area contributed by atoms with Gasteiger partial charge in [-0.3, -0.25) is 9.20 Å². The number of hydrogen-bond donors (Lipinski definition) is 2. The van der Waals surface area contributed by atoms with Crippen LogP contribution in [0.25, 0.3) is 5.65 Å². The lowest BCUT2D eigenvalue weighted by atomic mass is 10.1. The number of carbonyl (C=O) groups excluding carboxylic acids is 1. The van der Waals surface area contributed by atoms with Crippen molar-refractivity contribution in [3.8, 4) is 5.75 Å². The molecular formula is C19H21N3O3. The molecule has 1 atom stereocenters. The first kappa shape index (κ1) is 17.0. The summed E-state index contributed by atoms with van der Waals surface area (Å²) in [6, 6.07) is 12.7. The van der Waals surface area contributed by atoms with E-state index in [0.717, 1.165) is 11.3 Å². The third-order valence-corrected chi connectivity index (χ3v) is 3.74. The summed E-state index contributed by atoms with van der Waals surface area (Å²) in [6.45, 7) is 4.03. The van der Waals surface area contributed by atoms with Crippen molar-refractivity contribution in [3.63, 3.8) is 0 Å². The predicted molar refractivity (Wildman–Crippen MR) is 94.7 cm³/mol. The van der Waals surface area contributed by atoms with E-state index in [1.807, 2.05) is 44.2 Å². The van der Waals surface area contributed by atoms with Gasteiger partial charge in [0.05, 0.1) is 18.4 Å². The second-order valence-corrected chi connectivity index (χ2v) is 6.03. The molecule has 3 aromatic rings. The molecule has 0 radical (unpaired) electrons. The van der Waals surface area contributed by atoms with E-state index < -0.39 is 6.10 Å². The molecule has 6 heteroatoms. The lowest BCUT2D eigenvalue weighted by molar-refractivity contribution is 0.0910. The lowest BCUT2D eigenvalue weighted by Gasteiger charge is -2.14. The Morgan fingerprint density at radius 2 is 2.00 bits per heavy atom. The smallest absolute Gasteiger partial charge is 0.270 e. The molecular weight excluding hydrogens is 318 g/mol. The first-order valence-electron chi connectivity index (χ1n) is 8.19. The van der Waals surface area contributed by atoms with Gasteiger partial charge in [0.15, 0.2) is 0 Å². The van der Waals surface area contributed by atoms with Crippen LogP contribution >= 0.6 is 0 Å². The summed E-state index contributed by atoms with van der Waals surface area (Å²) in [5, 5.41) is 13.0. The standard InChI is InChI=1S/C19H21N3O3/c1-13(2)25-15-8-6-14(7-9-15)17(23)12-21-19(24)16-11-20-18-5-3-4-10-22(16)18/h3-11,13,17,23H,12H2,1-2H3,(H,21,24). The molecule has 0 fully saturated rings. The fourth-order valence-electron chi connectivity index (χ4n) is 2.54. The van der Waals surface area contributed by atoms with Gasteiger partial charge in [0.2, 0.25) is 0 Å². The highest BCUT2D eigenvalue weighted by Gasteiger charge is 2.14. The molecule has 0 aliphatic rings. The quantitative estimate of drug-likeness (QED) is 0.724. The summed E-state index contributed by atoms with van der Waals surface area (Å²) in [5.74, 6) is 0.471. The molecule has 0 spiro atoms. The molecule has 1 amide bonds. The van der Waals surface area contributed by atoms with Gasteiger partial charge in [0, 0.05) is 12.7 Å². The van der Waals surface area contributed by atoms with E-state index in [4.69, 9.17) is 4.74 Å². The Morgan fingerprint density at radius 1 is 1.24 bits per heavy atom. The van der Waals surface area contributed by atoms with Crippen LogP contribution in [0.1, 0.15) is 36.0 Å². The monoisotopic (exact) mass is 339 g/mol. The number of aliphatic hydroxyl groups excluding tert-OH is 1. The second-order valence-electron chi connectivity index (χ2n) is 6.03. The molecule has 130 valence electrons. The molecule has 2 heterocycles. The number of nitrogens with zero attached hydrogens (tertiary/aromatic N) is 2. The van der Waals surface area contributed by atoms with E-state index in [-0.39, 0.29) is 18.6 Å². The number of imidazole rings is 1. The number of pyridine rings is 1. The van der Waals surface area contributed by atoms with E-state index in [2.05, 4.69) is 10.3 Å². The highest BCUT2D eigenvalue weighted by Crippen LogP contribution is 2.18. The zero-order valence-corrected chi connectivity index (χ0v) is 14.2. The average Bonchev–Trinajstić information content (AvgIpc) is 3.03. The van der Waals surface area contributed by atoms with Crippen molar-refractivity contribution in [2.75, 3.05) is 6.54 Å². The molecule has 6 nitrogen and oxygen atoms in total. The number of hydrogen-bond acceptors (Lipinski definition) is 4. The minimum absolute atomic E-state index is 0.0977. The summed E-state index contributed by atoms with van der Waals surface area (Å²) >= 11 is 0. The Balaban J connectivity index is 1.61. The lowest BCUT2D eigenvalue weighted by Crippen LogP contribution is -2.29. The second kappa shape index (κ2) is 7.36. The molecule has 0 aliphatic carbocycles. The number of fused-ring (bicyclic) bond motifs is 1. The number of aliphatic hydroxyl groups is 1. The van der Waals surface area contributed by atoms with Crippen LogP contribution in [0.15, 0.2) is 54.9 Å². The van der Waals surface area contributed by atoms with E-state index in [1.54, 1.807) is 22.7 Å². The molecule has 2 aromatic heterocycles. The van der Waals surface area contributed by atoms with Crippen LogP contribution in [-0.2, 0) is 0 Å². The van der Waals surface area contributed by atoms with E-state index in [1.165, 1.54) is 6.20 Å². The van der Waals surface area contributed by atoms with Crippen molar-refractivity contribution in [1.29, 1.82) is 0 Å². The van der Waals surface area contributed by atoms with Crippen LogP contribution < -0.4 is 10.1 Å². The maximum atomic E-state index is 12.3. The summed E-state index contributed by atoms with van der Waals surface area (Å²) in [4.78, 5) is 16.5.